The van der Waals surface area contributed by atoms with Crippen LogP contribution in [-0.2, 0) is 11.3 Å². The van der Waals surface area contributed by atoms with Gasteiger partial charge in [0.2, 0.25) is 5.91 Å². The highest BCUT2D eigenvalue weighted by atomic mass is 32.2. The van der Waals surface area contributed by atoms with Gasteiger partial charge in [0.15, 0.2) is 5.16 Å². The van der Waals surface area contributed by atoms with Crippen LogP contribution in [0.2, 0.25) is 0 Å². The average molecular weight is 368 g/mol. The molecular weight excluding hydrogens is 351 g/mol. The Labute approximate surface area is 154 Å². The molecule has 0 aliphatic carbocycles. The zero-order valence-corrected chi connectivity index (χ0v) is 15.0. The average Bonchev–Trinajstić information content (AvgIpc) is 2.98. The molecule has 1 heterocycles. The number of nitrogens with one attached hydrogen (secondary N) is 1. The number of thioether (sulfide) groups is 1. The molecule has 0 radical (unpaired) electrons. The van der Waals surface area contributed by atoms with E-state index in [1.54, 1.807) is 19.1 Å². The van der Waals surface area contributed by atoms with Gasteiger partial charge in [-0.05, 0) is 31.2 Å². The van der Waals surface area contributed by atoms with Gasteiger partial charge in [-0.15, -0.1) is 0 Å². The summed E-state index contributed by atoms with van der Waals surface area (Å²) in [5.41, 5.74) is 1.89. The summed E-state index contributed by atoms with van der Waals surface area (Å²) in [4.78, 5) is 17.0. The van der Waals surface area contributed by atoms with Gasteiger partial charge in [0.05, 0.1) is 34.5 Å². The number of imidazole rings is 1. The Morgan fingerprint density at radius 2 is 2.04 bits per heavy atom. The lowest BCUT2D eigenvalue weighted by atomic mass is 10.3. The molecule has 26 heavy (non-hydrogen) atoms. The third kappa shape index (κ3) is 3.86. The summed E-state index contributed by atoms with van der Waals surface area (Å²) in [5.74, 6) is -0.779. The topological polar surface area (TPSA) is 70.7 Å². The summed E-state index contributed by atoms with van der Waals surface area (Å²) in [6.45, 7) is 2.25. The van der Waals surface area contributed by atoms with E-state index in [-0.39, 0.29) is 11.6 Å². The molecular formula is C19H17FN4OS. The van der Waals surface area contributed by atoms with Crippen LogP contribution in [0.5, 0.6) is 0 Å². The zero-order valence-electron chi connectivity index (χ0n) is 14.1. The number of nitrogens with zero attached hydrogens (tertiary/aromatic N) is 3. The predicted molar refractivity (Wildman–Crippen MR) is 100 cm³/mol. The molecule has 0 saturated carbocycles. The van der Waals surface area contributed by atoms with Crippen LogP contribution in [0.1, 0.15) is 13.3 Å². The number of carbonyl (C=O) groups is 1. The van der Waals surface area contributed by atoms with E-state index >= 15 is 0 Å². The number of halogens is 1. The molecule has 0 fully saturated rings. The molecule has 1 atom stereocenters. The van der Waals surface area contributed by atoms with Crippen molar-refractivity contribution < 1.29 is 9.18 Å². The van der Waals surface area contributed by atoms with E-state index in [0.29, 0.717) is 18.1 Å². The number of carbonyl (C=O) groups excluding carboxylic acids is 1. The molecule has 1 amide bonds. The van der Waals surface area contributed by atoms with Crippen LogP contribution in [0.4, 0.5) is 10.1 Å². The molecule has 0 aliphatic rings. The Kier molecular flexibility index (Phi) is 5.54. The molecule has 0 unspecified atom stereocenters. The first kappa shape index (κ1) is 18.0. The van der Waals surface area contributed by atoms with Gasteiger partial charge in [-0.3, -0.25) is 4.79 Å². The smallest absolute Gasteiger partial charge is 0.237 e. The second-order valence-corrected chi connectivity index (χ2v) is 6.98. The van der Waals surface area contributed by atoms with Crippen LogP contribution in [0, 0.1) is 17.1 Å². The van der Waals surface area contributed by atoms with E-state index in [9.17, 15) is 9.18 Å². The first-order chi connectivity index (χ1) is 12.6. The zero-order chi connectivity index (χ0) is 18.5. The third-order valence-corrected chi connectivity index (χ3v) is 4.94. The Morgan fingerprint density at radius 1 is 1.31 bits per heavy atom. The van der Waals surface area contributed by atoms with Gasteiger partial charge in [0, 0.05) is 6.54 Å². The SMILES string of the molecule is C[C@H](Sc1nc2ccccc2n1CCC#N)C(=O)Nc1ccccc1F. The van der Waals surface area contributed by atoms with Gasteiger partial charge in [-0.1, -0.05) is 36.0 Å². The number of aryl methyl sites for hydroxylation is 1. The molecule has 0 aliphatic heterocycles. The number of hydrogen-bond donors (Lipinski definition) is 1. The van der Waals surface area contributed by atoms with E-state index in [1.807, 2.05) is 28.8 Å². The van der Waals surface area contributed by atoms with Crippen LogP contribution < -0.4 is 5.32 Å². The summed E-state index contributed by atoms with van der Waals surface area (Å²) in [6, 6.07) is 15.8. The van der Waals surface area contributed by atoms with E-state index in [2.05, 4.69) is 16.4 Å². The lowest BCUT2D eigenvalue weighted by Crippen LogP contribution is -2.23. The second kappa shape index (κ2) is 8.02. The highest BCUT2D eigenvalue weighted by Crippen LogP contribution is 2.28. The molecule has 0 saturated heterocycles. The van der Waals surface area contributed by atoms with Crippen molar-refractivity contribution in [1.29, 1.82) is 5.26 Å². The van der Waals surface area contributed by atoms with E-state index in [4.69, 9.17) is 5.26 Å². The molecule has 0 spiro atoms. The van der Waals surface area contributed by atoms with Crippen molar-refractivity contribution in [1.82, 2.24) is 9.55 Å². The maximum atomic E-state index is 13.7. The number of amides is 1. The number of fused-ring (bicyclic) bond motifs is 1. The summed E-state index contributed by atoms with van der Waals surface area (Å²) >= 11 is 1.29. The van der Waals surface area contributed by atoms with E-state index in [0.717, 1.165) is 11.0 Å². The lowest BCUT2D eigenvalue weighted by molar-refractivity contribution is -0.115. The minimum atomic E-state index is -0.479. The van der Waals surface area contributed by atoms with Crippen molar-refractivity contribution >= 4 is 34.4 Å². The molecule has 0 bridgehead atoms. The Balaban J connectivity index is 1.80. The number of hydrogen-bond acceptors (Lipinski definition) is 4. The van der Waals surface area contributed by atoms with Gasteiger partial charge in [-0.25, -0.2) is 9.37 Å². The Hall–Kier alpha value is -2.85. The lowest BCUT2D eigenvalue weighted by Gasteiger charge is -2.13. The number of rotatable bonds is 6. The summed E-state index contributed by atoms with van der Waals surface area (Å²) in [5, 5.41) is 11.7. The van der Waals surface area contributed by atoms with Crippen LogP contribution >= 0.6 is 11.8 Å². The van der Waals surface area contributed by atoms with Gasteiger partial charge < -0.3 is 9.88 Å². The normalized spacial score (nSPS) is 11.9. The molecule has 1 N–H and O–H groups in total. The third-order valence-electron chi connectivity index (χ3n) is 3.85. The molecule has 3 aromatic rings. The van der Waals surface area contributed by atoms with Gasteiger partial charge in [0.1, 0.15) is 5.82 Å². The quantitative estimate of drug-likeness (QED) is 0.662. The van der Waals surface area contributed by atoms with Crippen molar-refractivity contribution in [3.63, 3.8) is 0 Å². The second-order valence-electron chi connectivity index (χ2n) is 5.67. The number of aromatic nitrogens is 2. The fourth-order valence-corrected chi connectivity index (χ4v) is 3.48. The van der Waals surface area contributed by atoms with Crippen LogP contribution in [-0.4, -0.2) is 20.7 Å². The van der Waals surface area contributed by atoms with Crippen molar-refractivity contribution in [2.75, 3.05) is 5.32 Å². The predicted octanol–water partition coefficient (Wildman–Crippen LogP) is 4.21. The number of benzene rings is 2. The summed E-state index contributed by atoms with van der Waals surface area (Å²) in [7, 11) is 0. The molecule has 132 valence electrons. The number of anilines is 1. The highest BCUT2D eigenvalue weighted by Gasteiger charge is 2.20. The van der Waals surface area contributed by atoms with Crippen molar-refractivity contribution in [3.8, 4) is 6.07 Å². The first-order valence-corrected chi connectivity index (χ1v) is 9.02. The minimum absolute atomic E-state index is 0.155. The minimum Gasteiger partial charge on any atom is -0.323 e. The maximum Gasteiger partial charge on any atom is 0.237 e. The number of para-hydroxylation sites is 3. The molecule has 1 aromatic heterocycles. The summed E-state index contributed by atoms with van der Waals surface area (Å²) in [6.07, 6.45) is 0.351. The molecule has 3 rings (SSSR count). The molecule has 2 aromatic carbocycles. The Morgan fingerprint density at radius 3 is 2.81 bits per heavy atom. The number of nitriles is 1. The first-order valence-electron chi connectivity index (χ1n) is 8.14. The van der Waals surface area contributed by atoms with Crippen molar-refractivity contribution in [2.45, 2.75) is 30.3 Å². The van der Waals surface area contributed by atoms with Crippen molar-refractivity contribution in [2.24, 2.45) is 0 Å². The molecule has 5 nitrogen and oxygen atoms in total. The van der Waals surface area contributed by atoms with Crippen LogP contribution in [0.3, 0.4) is 0 Å². The van der Waals surface area contributed by atoms with Crippen molar-refractivity contribution in [3.05, 3.63) is 54.3 Å². The maximum absolute atomic E-state index is 13.7. The standard InChI is InChI=1S/C19H17FN4OS/c1-13(18(25)22-15-8-3-2-7-14(15)20)26-19-23-16-9-4-5-10-17(16)24(19)12-6-11-21/h2-5,7-10,13H,6,12H2,1H3,(H,22,25)/t13-/m0/s1. The van der Waals surface area contributed by atoms with Gasteiger partial charge in [-0.2, -0.15) is 5.26 Å². The van der Waals surface area contributed by atoms with Gasteiger partial charge in [0.25, 0.3) is 0 Å². The molecule has 7 heteroatoms. The van der Waals surface area contributed by atoms with Crippen LogP contribution in [0.25, 0.3) is 11.0 Å². The highest BCUT2D eigenvalue weighted by molar-refractivity contribution is 8.00. The largest absolute Gasteiger partial charge is 0.323 e. The fraction of sp³-hybridized carbons (Fsp3) is 0.211. The summed E-state index contributed by atoms with van der Waals surface area (Å²) < 4.78 is 15.7. The monoisotopic (exact) mass is 368 g/mol. The van der Waals surface area contributed by atoms with Gasteiger partial charge >= 0.3 is 0 Å². The fourth-order valence-electron chi connectivity index (χ4n) is 2.53. The van der Waals surface area contributed by atoms with E-state index in [1.165, 1.54) is 23.9 Å². The van der Waals surface area contributed by atoms with Crippen LogP contribution in [0.15, 0.2) is 53.7 Å². The Bertz CT molecular complexity index is 979. The van der Waals surface area contributed by atoms with E-state index < -0.39 is 11.1 Å².